The molecule has 3 atom stereocenters. The number of primary amides is 1. The van der Waals surface area contributed by atoms with Gasteiger partial charge in [0.15, 0.2) is 0 Å². The normalized spacial score (nSPS) is 42.4. The minimum Gasteiger partial charge on any atom is -0.369 e. The first kappa shape index (κ1) is 7.10. The lowest BCUT2D eigenvalue weighted by Gasteiger charge is -2.12. The van der Waals surface area contributed by atoms with Gasteiger partial charge < -0.3 is 11.1 Å². The smallest absolute Gasteiger partial charge is 0.220 e. The first-order valence-electron chi connectivity index (χ1n) is 4.29. The largest absolute Gasteiger partial charge is 0.369 e. The van der Waals surface area contributed by atoms with Crippen molar-refractivity contribution in [2.45, 2.75) is 12.8 Å². The highest BCUT2D eigenvalue weighted by Gasteiger charge is 2.41. The van der Waals surface area contributed by atoms with Gasteiger partial charge in [-0.05, 0) is 37.8 Å². The first-order chi connectivity index (χ1) is 5.29. The average Bonchev–Trinajstić information content (AvgIpc) is 2.41. The molecule has 1 saturated heterocycles. The van der Waals surface area contributed by atoms with Crippen LogP contribution in [0.4, 0.5) is 0 Å². The number of carbonyl (C=O) groups is 1. The van der Waals surface area contributed by atoms with Gasteiger partial charge in [-0.2, -0.15) is 0 Å². The molecule has 0 bridgehead atoms. The van der Waals surface area contributed by atoms with Crippen molar-refractivity contribution in [2.24, 2.45) is 23.5 Å². The fourth-order valence-corrected chi connectivity index (χ4v) is 2.50. The minimum atomic E-state index is -0.0961. The fourth-order valence-electron chi connectivity index (χ4n) is 2.50. The zero-order valence-corrected chi connectivity index (χ0v) is 6.55. The standard InChI is InChI=1S/C8H14N2O/c9-8(11)6-2-1-5-3-10-4-7(5)6/h5-7,10H,1-4H2,(H2,9,11). The highest BCUT2D eigenvalue weighted by atomic mass is 16.1. The van der Waals surface area contributed by atoms with Gasteiger partial charge in [-0.3, -0.25) is 4.79 Å². The van der Waals surface area contributed by atoms with Crippen LogP contribution in [0, 0.1) is 17.8 Å². The molecule has 3 heteroatoms. The van der Waals surface area contributed by atoms with Crippen LogP contribution in [0.25, 0.3) is 0 Å². The average molecular weight is 154 g/mol. The second-order valence-electron chi connectivity index (χ2n) is 3.67. The zero-order chi connectivity index (χ0) is 7.84. The summed E-state index contributed by atoms with van der Waals surface area (Å²) >= 11 is 0. The van der Waals surface area contributed by atoms with Crippen LogP contribution >= 0.6 is 0 Å². The van der Waals surface area contributed by atoms with Crippen molar-refractivity contribution < 1.29 is 4.79 Å². The van der Waals surface area contributed by atoms with Crippen molar-refractivity contribution >= 4 is 5.91 Å². The van der Waals surface area contributed by atoms with E-state index in [9.17, 15) is 4.79 Å². The van der Waals surface area contributed by atoms with Crippen LogP contribution < -0.4 is 11.1 Å². The van der Waals surface area contributed by atoms with Crippen LogP contribution in [0.5, 0.6) is 0 Å². The number of fused-ring (bicyclic) bond motifs is 1. The third-order valence-corrected chi connectivity index (χ3v) is 3.12. The number of nitrogens with two attached hydrogens (primary N) is 1. The van der Waals surface area contributed by atoms with Gasteiger partial charge in [0, 0.05) is 5.92 Å². The Labute approximate surface area is 66.3 Å². The van der Waals surface area contributed by atoms with Crippen molar-refractivity contribution in [1.29, 1.82) is 0 Å². The quantitative estimate of drug-likeness (QED) is 0.545. The third-order valence-electron chi connectivity index (χ3n) is 3.12. The lowest BCUT2D eigenvalue weighted by Crippen LogP contribution is -2.29. The molecule has 1 aliphatic carbocycles. The monoisotopic (exact) mass is 154 g/mol. The predicted molar refractivity (Wildman–Crippen MR) is 41.8 cm³/mol. The van der Waals surface area contributed by atoms with Crippen molar-refractivity contribution in [3.8, 4) is 0 Å². The van der Waals surface area contributed by atoms with Crippen LogP contribution in [-0.2, 0) is 4.79 Å². The van der Waals surface area contributed by atoms with Gasteiger partial charge in [-0.15, -0.1) is 0 Å². The number of hydrogen-bond acceptors (Lipinski definition) is 2. The summed E-state index contributed by atoms with van der Waals surface area (Å²) in [4.78, 5) is 10.9. The molecule has 0 aromatic rings. The molecule has 0 radical (unpaired) electrons. The molecule has 2 fully saturated rings. The van der Waals surface area contributed by atoms with Crippen LogP contribution in [0.3, 0.4) is 0 Å². The van der Waals surface area contributed by atoms with Crippen molar-refractivity contribution in [1.82, 2.24) is 5.32 Å². The Morgan fingerprint density at radius 1 is 1.36 bits per heavy atom. The molecule has 0 aromatic carbocycles. The summed E-state index contributed by atoms with van der Waals surface area (Å²) in [5.41, 5.74) is 5.29. The molecule has 0 spiro atoms. The summed E-state index contributed by atoms with van der Waals surface area (Å²) in [5.74, 6) is 1.34. The fraction of sp³-hybridized carbons (Fsp3) is 0.875. The van der Waals surface area contributed by atoms with Gasteiger partial charge in [-0.25, -0.2) is 0 Å². The molecule has 11 heavy (non-hydrogen) atoms. The summed E-state index contributed by atoms with van der Waals surface area (Å²) in [6.45, 7) is 2.09. The maximum Gasteiger partial charge on any atom is 0.220 e. The molecule has 3 unspecified atom stereocenters. The van der Waals surface area contributed by atoms with Crippen LogP contribution in [0.1, 0.15) is 12.8 Å². The Bertz CT molecular complexity index is 181. The Kier molecular flexibility index (Phi) is 1.60. The molecule has 1 amide bonds. The van der Waals surface area contributed by atoms with Crippen molar-refractivity contribution in [3.63, 3.8) is 0 Å². The van der Waals surface area contributed by atoms with Gasteiger partial charge in [0.2, 0.25) is 5.91 Å². The molecule has 2 aliphatic rings. The van der Waals surface area contributed by atoms with E-state index in [0.29, 0.717) is 5.92 Å². The predicted octanol–water partition coefficient (Wildman–Crippen LogP) is -0.283. The van der Waals surface area contributed by atoms with Gasteiger partial charge in [0.05, 0.1) is 0 Å². The summed E-state index contributed by atoms with van der Waals surface area (Å²) < 4.78 is 0. The van der Waals surface area contributed by atoms with E-state index in [1.807, 2.05) is 0 Å². The Morgan fingerprint density at radius 3 is 2.91 bits per heavy atom. The van der Waals surface area contributed by atoms with Gasteiger partial charge in [0.1, 0.15) is 0 Å². The van der Waals surface area contributed by atoms with Crippen molar-refractivity contribution in [2.75, 3.05) is 13.1 Å². The number of amides is 1. The Balaban J connectivity index is 2.08. The molecular formula is C8H14N2O. The minimum absolute atomic E-state index is 0.0961. The molecule has 2 rings (SSSR count). The molecular weight excluding hydrogens is 140 g/mol. The van der Waals surface area contributed by atoms with E-state index >= 15 is 0 Å². The van der Waals surface area contributed by atoms with E-state index in [2.05, 4.69) is 5.32 Å². The maximum absolute atomic E-state index is 10.9. The van der Waals surface area contributed by atoms with E-state index in [-0.39, 0.29) is 11.8 Å². The van der Waals surface area contributed by atoms with Crippen LogP contribution in [0.2, 0.25) is 0 Å². The molecule has 62 valence electrons. The molecule has 3 nitrogen and oxygen atoms in total. The molecule has 3 N–H and O–H groups in total. The first-order valence-corrected chi connectivity index (χ1v) is 4.29. The number of rotatable bonds is 1. The van der Waals surface area contributed by atoms with E-state index in [1.54, 1.807) is 0 Å². The number of carbonyl (C=O) groups excluding carboxylic acids is 1. The highest BCUT2D eigenvalue weighted by Crippen LogP contribution is 2.38. The molecule has 0 aromatic heterocycles. The Morgan fingerprint density at radius 2 is 2.18 bits per heavy atom. The van der Waals surface area contributed by atoms with Crippen LogP contribution in [0.15, 0.2) is 0 Å². The summed E-state index contributed by atoms with van der Waals surface area (Å²) in [5, 5.41) is 3.30. The molecule has 1 heterocycles. The summed E-state index contributed by atoms with van der Waals surface area (Å²) in [6, 6.07) is 0. The number of hydrogen-bond donors (Lipinski definition) is 2. The van der Waals surface area contributed by atoms with Crippen molar-refractivity contribution in [3.05, 3.63) is 0 Å². The Hall–Kier alpha value is -0.570. The summed E-state index contributed by atoms with van der Waals surface area (Å²) in [6.07, 6.45) is 2.21. The maximum atomic E-state index is 10.9. The van der Waals surface area contributed by atoms with Crippen LogP contribution in [-0.4, -0.2) is 19.0 Å². The SMILES string of the molecule is NC(=O)C1CCC2CNCC21. The third kappa shape index (κ3) is 1.03. The van der Waals surface area contributed by atoms with Gasteiger partial charge in [0.25, 0.3) is 0 Å². The van der Waals surface area contributed by atoms with E-state index in [0.717, 1.165) is 25.4 Å². The molecule has 1 saturated carbocycles. The number of nitrogens with one attached hydrogen (secondary N) is 1. The second kappa shape index (κ2) is 2.48. The molecule has 1 aliphatic heterocycles. The van der Waals surface area contributed by atoms with E-state index in [1.165, 1.54) is 6.42 Å². The van der Waals surface area contributed by atoms with Gasteiger partial charge in [-0.1, -0.05) is 0 Å². The van der Waals surface area contributed by atoms with E-state index < -0.39 is 0 Å². The lowest BCUT2D eigenvalue weighted by molar-refractivity contribution is -0.122. The summed E-state index contributed by atoms with van der Waals surface area (Å²) in [7, 11) is 0. The van der Waals surface area contributed by atoms with E-state index in [4.69, 9.17) is 5.73 Å². The second-order valence-corrected chi connectivity index (χ2v) is 3.67. The topological polar surface area (TPSA) is 55.1 Å². The lowest BCUT2D eigenvalue weighted by atomic mass is 9.92. The zero-order valence-electron chi connectivity index (χ0n) is 6.55. The highest BCUT2D eigenvalue weighted by molar-refractivity contribution is 5.77. The van der Waals surface area contributed by atoms with Gasteiger partial charge >= 0.3 is 0 Å².